The molecule has 0 saturated heterocycles. The predicted octanol–water partition coefficient (Wildman–Crippen LogP) is 5.47. The molecule has 1 heterocycles. The van der Waals surface area contributed by atoms with Crippen molar-refractivity contribution < 1.29 is 18.3 Å². The number of halogens is 1. The molecule has 0 aliphatic rings. The summed E-state index contributed by atoms with van der Waals surface area (Å²) in [7, 11) is 0. The first-order chi connectivity index (χ1) is 15.5. The quantitative estimate of drug-likeness (QED) is 0.358. The third-order valence-corrected chi connectivity index (χ3v) is 5.71. The second kappa shape index (κ2) is 9.82. The summed E-state index contributed by atoms with van der Waals surface area (Å²) in [4.78, 5) is 12.5. The lowest BCUT2D eigenvalue weighted by molar-refractivity contribution is -0.119. The van der Waals surface area contributed by atoms with Crippen LogP contribution in [0.1, 0.15) is 37.4 Å². The van der Waals surface area contributed by atoms with Gasteiger partial charge in [0.25, 0.3) is 11.1 Å². The largest absolute Gasteiger partial charge is 0.481 e. The molecule has 1 amide bonds. The number of aromatic nitrogens is 2. The number of carbonyl (C=O) groups excluding carboxylic acids is 1. The average molecular weight is 452 g/mol. The number of thioether (sulfide) groups is 1. The molecule has 2 atom stereocenters. The second-order valence-electron chi connectivity index (χ2n) is 7.27. The van der Waals surface area contributed by atoms with Gasteiger partial charge in [-0.2, -0.15) is 0 Å². The number of nitrogens with zero attached hydrogens (tertiary/aromatic N) is 2. The van der Waals surface area contributed by atoms with Gasteiger partial charge in [-0.3, -0.25) is 4.79 Å². The van der Waals surface area contributed by atoms with Gasteiger partial charge in [0.2, 0.25) is 5.91 Å². The fourth-order valence-corrected chi connectivity index (χ4v) is 3.91. The zero-order valence-electron chi connectivity index (χ0n) is 17.6. The van der Waals surface area contributed by atoms with E-state index in [1.165, 1.54) is 24.3 Å². The van der Waals surface area contributed by atoms with E-state index in [9.17, 15) is 9.18 Å². The van der Waals surface area contributed by atoms with E-state index in [2.05, 4.69) is 33.7 Å². The maximum absolute atomic E-state index is 13.0. The zero-order chi connectivity index (χ0) is 22.5. The Hall–Kier alpha value is -3.39. The first-order valence-corrected chi connectivity index (χ1v) is 11.1. The first kappa shape index (κ1) is 21.8. The van der Waals surface area contributed by atoms with Crippen LogP contribution in [0.15, 0.2) is 76.4 Å². The summed E-state index contributed by atoms with van der Waals surface area (Å²) < 4.78 is 24.3. The van der Waals surface area contributed by atoms with E-state index in [0.717, 1.165) is 28.1 Å². The molecule has 0 fully saturated rings. The molecule has 0 radical (unpaired) electrons. The molecule has 0 spiro atoms. The monoisotopic (exact) mass is 451 g/mol. The highest BCUT2D eigenvalue weighted by Gasteiger charge is 2.18. The number of hydrogen-bond acceptors (Lipinski definition) is 6. The van der Waals surface area contributed by atoms with Crippen molar-refractivity contribution in [3.8, 4) is 5.75 Å². The van der Waals surface area contributed by atoms with Gasteiger partial charge in [0.15, 0.2) is 6.10 Å². The van der Waals surface area contributed by atoms with Gasteiger partial charge < -0.3 is 14.5 Å². The Kier molecular flexibility index (Phi) is 6.70. The lowest BCUT2D eigenvalue weighted by Gasteiger charge is -2.16. The smallest absolute Gasteiger partial charge is 0.277 e. The van der Waals surface area contributed by atoms with Gasteiger partial charge in [0, 0.05) is 0 Å². The Bertz CT molecular complexity index is 1210. The topological polar surface area (TPSA) is 77.2 Å². The van der Waals surface area contributed by atoms with Crippen molar-refractivity contribution in [2.75, 3.05) is 5.75 Å². The van der Waals surface area contributed by atoms with Gasteiger partial charge in [-0.1, -0.05) is 54.2 Å². The van der Waals surface area contributed by atoms with Crippen molar-refractivity contribution >= 4 is 28.4 Å². The van der Waals surface area contributed by atoms with E-state index in [1.54, 1.807) is 6.92 Å². The molecule has 1 aromatic heterocycles. The zero-order valence-corrected chi connectivity index (χ0v) is 18.4. The van der Waals surface area contributed by atoms with Gasteiger partial charge in [-0.15, -0.1) is 10.2 Å². The van der Waals surface area contributed by atoms with E-state index in [0.29, 0.717) is 5.75 Å². The van der Waals surface area contributed by atoms with E-state index < -0.39 is 6.10 Å². The Morgan fingerprint density at radius 1 is 1.06 bits per heavy atom. The van der Waals surface area contributed by atoms with Crippen LogP contribution < -0.4 is 10.1 Å². The minimum Gasteiger partial charge on any atom is -0.481 e. The van der Waals surface area contributed by atoms with Crippen molar-refractivity contribution in [1.82, 2.24) is 15.5 Å². The maximum atomic E-state index is 13.0. The molecule has 6 nitrogen and oxygen atoms in total. The molecular formula is C24H22FN3O3S. The number of ether oxygens (including phenoxy) is 1. The average Bonchev–Trinajstić information content (AvgIpc) is 3.28. The first-order valence-electron chi connectivity index (χ1n) is 10.1. The van der Waals surface area contributed by atoms with Crippen LogP contribution >= 0.6 is 11.8 Å². The van der Waals surface area contributed by atoms with Crippen molar-refractivity contribution in [1.29, 1.82) is 0 Å². The SMILES string of the molecule is C[C@@H](NC(=O)CSc1nnc([C@@H](C)Oc2ccc(F)cc2)o1)c1cccc2ccccc12. The van der Waals surface area contributed by atoms with Crippen LogP contribution in [0.3, 0.4) is 0 Å². The highest BCUT2D eigenvalue weighted by atomic mass is 32.2. The van der Waals surface area contributed by atoms with Crippen molar-refractivity contribution in [3.05, 3.63) is 84.0 Å². The lowest BCUT2D eigenvalue weighted by atomic mass is 10.00. The van der Waals surface area contributed by atoms with E-state index >= 15 is 0 Å². The van der Waals surface area contributed by atoms with E-state index in [1.807, 2.05) is 31.2 Å². The van der Waals surface area contributed by atoms with Crippen molar-refractivity contribution in [2.24, 2.45) is 0 Å². The maximum Gasteiger partial charge on any atom is 0.277 e. The molecule has 0 aliphatic carbocycles. The number of nitrogens with one attached hydrogen (secondary N) is 1. The van der Waals surface area contributed by atoms with Gasteiger partial charge >= 0.3 is 0 Å². The number of hydrogen-bond donors (Lipinski definition) is 1. The molecule has 0 saturated carbocycles. The molecular weight excluding hydrogens is 429 g/mol. The molecule has 4 rings (SSSR count). The fraction of sp³-hybridized carbons (Fsp3) is 0.208. The summed E-state index contributed by atoms with van der Waals surface area (Å²) in [5.74, 6) is 0.444. The summed E-state index contributed by atoms with van der Waals surface area (Å²) in [6.45, 7) is 3.72. The van der Waals surface area contributed by atoms with E-state index in [4.69, 9.17) is 9.15 Å². The number of amides is 1. The number of carbonyl (C=O) groups is 1. The number of benzene rings is 3. The van der Waals surface area contributed by atoms with Crippen LogP contribution in [0.4, 0.5) is 4.39 Å². The second-order valence-corrected chi connectivity index (χ2v) is 8.19. The molecule has 8 heteroatoms. The molecule has 4 aromatic rings. The Labute approximate surface area is 189 Å². The van der Waals surface area contributed by atoms with Gasteiger partial charge in [0.05, 0.1) is 11.8 Å². The summed E-state index contributed by atoms with van der Waals surface area (Å²) >= 11 is 1.16. The molecule has 0 bridgehead atoms. The standard InChI is InChI=1S/C24H22FN3O3S/c1-15(20-9-5-7-17-6-3-4-8-21(17)20)26-22(29)14-32-24-28-27-23(31-24)16(2)30-19-12-10-18(25)11-13-19/h3-13,15-16H,14H2,1-2H3,(H,26,29)/t15-,16-/m1/s1. The van der Waals surface area contributed by atoms with Gasteiger partial charge in [-0.25, -0.2) is 4.39 Å². The van der Waals surface area contributed by atoms with Crippen molar-refractivity contribution in [2.45, 2.75) is 31.2 Å². The Morgan fingerprint density at radius 3 is 2.62 bits per heavy atom. The minimum atomic E-state index is -0.512. The molecule has 32 heavy (non-hydrogen) atoms. The van der Waals surface area contributed by atoms with Crippen LogP contribution in [-0.4, -0.2) is 21.9 Å². The highest BCUT2D eigenvalue weighted by Crippen LogP contribution is 2.26. The van der Waals surface area contributed by atoms with Crippen LogP contribution in [-0.2, 0) is 4.79 Å². The summed E-state index contributed by atoms with van der Waals surface area (Å²) in [6, 6.07) is 19.7. The summed E-state index contributed by atoms with van der Waals surface area (Å²) in [6.07, 6.45) is -0.512. The predicted molar refractivity (Wildman–Crippen MR) is 121 cm³/mol. The van der Waals surface area contributed by atoms with Crippen LogP contribution in [0.5, 0.6) is 5.75 Å². The van der Waals surface area contributed by atoms with Crippen LogP contribution in [0.25, 0.3) is 10.8 Å². The van der Waals surface area contributed by atoms with Gasteiger partial charge in [-0.05, 0) is 54.4 Å². The fourth-order valence-electron chi connectivity index (χ4n) is 3.33. The third-order valence-electron chi connectivity index (χ3n) is 4.89. The van der Waals surface area contributed by atoms with Gasteiger partial charge in [0.1, 0.15) is 11.6 Å². The molecule has 3 aromatic carbocycles. The normalized spacial score (nSPS) is 13.0. The number of fused-ring (bicyclic) bond motifs is 1. The molecule has 0 aliphatic heterocycles. The Balaban J connectivity index is 1.31. The molecule has 164 valence electrons. The van der Waals surface area contributed by atoms with E-state index in [-0.39, 0.29) is 34.6 Å². The minimum absolute atomic E-state index is 0.134. The van der Waals surface area contributed by atoms with Crippen LogP contribution in [0.2, 0.25) is 0 Å². The summed E-state index contributed by atoms with van der Waals surface area (Å²) in [5, 5.41) is 13.5. The lowest BCUT2D eigenvalue weighted by Crippen LogP contribution is -2.28. The van der Waals surface area contributed by atoms with Crippen LogP contribution in [0, 0.1) is 5.82 Å². The summed E-state index contributed by atoms with van der Waals surface area (Å²) in [5.41, 5.74) is 1.06. The van der Waals surface area contributed by atoms with Crippen molar-refractivity contribution in [3.63, 3.8) is 0 Å². The molecule has 0 unspecified atom stereocenters. The highest BCUT2D eigenvalue weighted by molar-refractivity contribution is 7.99. The number of rotatable bonds is 8. The third kappa shape index (κ3) is 5.26. The molecule has 1 N–H and O–H groups in total. The Morgan fingerprint density at radius 2 is 1.81 bits per heavy atom.